The van der Waals surface area contributed by atoms with Crippen LogP contribution in [0.15, 0.2) is 15.7 Å². The molecule has 3 aliphatic rings. The number of thiophene rings is 1. The maximum atomic E-state index is 12.7. The number of nitrogens with one attached hydrogen (secondary N) is 2. The lowest BCUT2D eigenvalue weighted by Crippen LogP contribution is -2.51. The first-order valence-corrected chi connectivity index (χ1v) is 12.8. The number of carbonyl (C=O) groups is 3. The van der Waals surface area contributed by atoms with Gasteiger partial charge in [-0.15, -0.1) is 21.5 Å². The number of carbonyl (C=O) groups excluding carboxylic acids is 3. The summed E-state index contributed by atoms with van der Waals surface area (Å²) in [5.41, 5.74) is 2.91. The quantitative estimate of drug-likeness (QED) is 0.503. The van der Waals surface area contributed by atoms with Gasteiger partial charge in [-0.05, 0) is 49.7 Å². The standard InChI is InChI=1S/C21H25N5O4S2/c1-12-5-6-14-13(9-12)10-15(32-14)17-23-24-20(30-17)31-11-16(27)25-26-18(28)21(22-19(26)29)7-3-2-4-8-21/h10,12H,2-9,11H2,1H3,(H,22,29)(H,25,27)/t12-/m0/s1. The lowest BCUT2D eigenvalue weighted by molar-refractivity contribution is -0.139. The molecule has 1 atom stereocenters. The minimum atomic E-state index is -0.866. The lowest BCUT2D eigenvalue weighted by Gasteiger charge is -2.30. The topological polar surface area (TPSA) is 117 Å². The molecule has 1 aliphatic heterocycles. The number of thioether (sulfide) groups is 1. The normalized spacial score (nSPS) is 22.2. The molecule has 3 heterocycles. The fourth-order valence-corrected chi connectivity index (χ4v) is 6.36. The van der Waals surface area contributed by atoms with Gasteiger partial charge in [0.15, 0.2) is 0 Å². The summed E-state index contributed by atoms with van der Waals surface area (Å²) in [6, 6.07) is 1.55. The van der Waals surface area contributed by atoms with Crippen molar-refractivity contribution in [1.82, 2.24) is 25.9 Å². The van der Waals surface area contributed by atoms with E-state index in [1.165, 1.54) is 16.9 Å². The van der Waals surface area contributed by atoms with E-state index in [9.17, 15) is 14.4 Å². The van der Waals surface area contributed by atoms with E-state index in [2.05, 4.69) is 33.9 Å². The van der Waals surface area contributed by atoms with Gasteiger partial charge < -0.3 is 9.73 Å². The first-order chi connectivity index (χ1) is 15.4. The largest absolute Gasteiger partial charge is 0.410 e. The number of aromatic nitrogens is 2. The van der Waals surface area contributed by atoms with Gasteiger partial charge in [-0.2, -0.15) is 5.01 Å². The van der Waals surface area contributed by atoms with Gasteiger partial charge in [0.25, 0.3) is 17.0 Å². The Morgan fingerprint density at radius 3 is 2.97 bits per heavy atom. The van der Waals surface area contributed by atoms with Gasteiger partial charge in [-0.1, -0.05) is 37.9 Å². The molecule has 0 bridgehead atoms. The first-order valence-electron chi connectivity index (χ1n) is 11.0. The predicted octanol–water partition coefficient (Wildman–Crippen LogP) is 3.30. The van der Waals surface area contributed by atoms with Crippen molar-refractivity contribution in [3.63, 3.8) is 0 Å². The number of rotatable bonds is 5. The number of fused-ring (bicyclic) bond motifs is 1. The van der Waals surface area contributed by atoms with Gasteiger partial charge in [0.2, 0.25) is 5.91 Å². The Morgan fingerprint density at radius 2 is 2.16 bits per heavy atom. The molecule has 170 valence electrons. The van der Waals surface area contributed by atoms with Crippen LogP contribution >= 0.6 is 23.1 Å². The number of imide groups is 1. The maximum Gasteiger partial charge on any atom is 0.344 e. The van der Waals surface area contributed by atoms with Gasteiger partial charge in [-0.3, -0.25) is 15.0 Å². The van der Waals surface area contributed by atoms with E-state index in [0.717, 1.165) is 53.8 Å². The molecule has 1 saturated heterocycles. The van der Waals surface area contributed by atoms with E-state index in [1.54, 1.807) is 11.3 Å². The Labute approximate surface area is 193 Å². The van der Waals surface area contributed by atoms with Crippen LogP contribution < -0.4 is 10.7 Å². The van der Waals surface area contributed by atoms with E-state index >= 15 is 0 Å². The minimum Gasteiger partial charge on any atom is -0.410 e. The summed E-state index contributed by atoms with van der Waals surface area (Å²) in [5, 5.41) is 12.0. The average Bonchev–Trinajstić information content (AvgIpc) is 3.47. The fraction of sp³-hybridized carbons (Fsp3) is 0.571. The zero-order valence-electron chi connectivity index (χ0n) is 17.8. The molecule has 1 saturated carbocycles. The summed E-state index contributed by atoms with van der Waals surface area (Å²) in [7, 11) is 0. The summed E-state index contributed by atoms with van der Waals surface area (Å²) < 4.78 is 5.74. The zero-order chi connectivity index (χ0) is 22.3. The van der Waals surface area contributed by atoms with Gasteiger partial charge in [0, 0.05) is 4.88 Å². The minimum absolute atomic E-state index is 0.0514. The molecule has 0 radical (unpaired) electrons. The van der Waals surface area contributed by atoms with E-state index in [0.29, 0.717) is 24.7 Å². The molecule has 4 amide bonds. The molecule has 5 rings (SSSR count). The highest BCUT2D eigenvalue weighted by Crippen LogP contribution is 2.37. The summed E-state index contributed by atoms with van der Waals surface area (Å²) in [6.07, 6.45) is 7.39. The highest BCUT2D eigenvalue weighted by molar-refractivity contribution is 7.99. The van der Waals surface area contributed by atoms with E-state index < -0.39 is 17.5 Å². The second-order valence-corrected chi connectivity index (χ2v) is 10.9. The van der Waals surface area contributed by atoms with Crippen molar-refractivity contribution in [2.45, 2.75) is 69.1 Å². The molecule has 11 heteroatoms. The number of nitrogens with zero attached hydrogens (tertiary/aromatic N) is 3. The van der Waals surface area contributed by atoms with E-state index in [4.69, 9.17) is 4.42 Å². The molecule has 2 fully saturated rings. The van der Waals surface area contributed by atoms with Crippen molar-refractivity contribution in [3.8, 4) is 10.8 Å². The number of hydrogen-bond acceptors (Lipinski definition) is 8. The Hall–Kier alpha value is -2.40. The van der Waals surface area contributed by atoms with Crippen LogP contribution in [0, 0.1) is 5.92 Å². The van der Waals surface area contributed by atoms with Crippen LogP contribution in [0.5, 0.6) is 0 Å². The second kappa shape index (κ2) is 8.51. The molecule has 0 aromatic carbocycles. The number of hydrazine groups is 1. The van der Waals surface area contributed by atoms with E-state index in [1.807, 2.05) is 0 Å². The third kappa shape index (κ3) is 4.03. The Bertz CT molecular complexity index is 1060. The van der Waals surface area contributed by atoms with Crippen molar-refractivity contribution >= 4 is 40.9 Å². The predicted molar refractivity (Wildman–Crippen MR) is 119 cm³/mol. The van der Waals surface area contributed by atoms with Crippen LogP contribution in [0.1, 0.15) is 55.9 Å². The molecular weight excluding hydrogens is 450 g/mol. The van der Waals surface area contributed by atoms with Crippen molar-refractivity contribution in [2.24, 2.45) is 5.92 Å². The Kier molecular flexibility index (Phi) is 5.70. The lowest BCUT2D eigenvalue weighted by atomic mass is 9.82. The molecule has 32 heavy (non-hydrogen) atoms. The molecule has 9 nitrogen and oxygen atoms in total. The van der Waals surface area contributed by atoms with Crippen molar-refractivity contribution in [2.75, 3.05) is 5.75 Å². The van der Waals surface area contributed by atoms with Crippen LogP contribution in [0.25, 0.3) is 10.8 Å². The monoisotopic (exact) mass is 475 g/mol. The van der Waals surface area contributed by atoms with Gasteiger partial charge in [0.05, 0.1) is 10.6 Å². The van der Waals surface area contributed by atoms with Crippen LogP contribution in [0.4, 0.5) is 4.79 Å². The number of amides is 4. The van der Waals surface area contributed by atoms with Crippen LogP contribution in [0.2, 0.25) is 0 Å². The van der Waals surface area contributed by atoms with Crippen molar-refractivity contribution in [1.29, 1.82) is 0 Å². The smallest absolute Gasteiger partial charge is 0.344 e. The Morgan fingerprint density at radius 1 is 1.34 bits per heavy atom. The summed E-state index contributed by atoms with van der Waals surface area (Å²) in [5.74, 6) is 0.232. The van der Waals surface area contributed by atoms with Crippen molar-refractivity contribution in [3.05, 3.63) is 16.5 Å². The molecule has 2 aliphatic carbocycles. The second-order valence-electron chi connectivity index (χ2n) is 8.82. The highest BCUT2D eigenvalue weighted by Gasteiger charge is 2.52. The SMILES string of the molecule is C[C@H]1CCc2sc(-c3nnc(SCC(=O)NN4C(=O)NC5(CCCCC5)C4=O)o3)cc2C1. The Balaban J connectivity index is 1.17. The molecule has 1 spiro atoms. The van der Waals surface area contributed by atoms with Gasteiger partial charge >= 0.3 is 6.03 Å². The molecule has 2 N–H and O–H groups in total. The zero-order valence-corrected chi connectivity index (χ0v) is 19.4. The van der Waals surface area contributed by atoms with Gasteiger partial charge in [0.1, 0.15) is 5.54 Å². The van der Waals surface area contributed by atoms with Crippen LogP contribution in [-0.4, -0.2) is 44.3 Å². The molecule has 0 unspecified atom stereocenters. The summed E-state index contributed by atoms with van der Waals surface area (Å²) >= 11 is 2.76. The van der Waals surface area contributed by atoms with E-state index in [-0.39, 0.29) is 16.9 Å². The summed E-state index contributed by atoms with van der Waals surface area (Å²) in [4.78, 5) is 39.7. The van der Waals surface area contributed by atoms with Gasteiger partial charge in [-0.25, -0.2) is 4.79 Å². The number of aryl methyl sites for hydroxylation is 1. The number of urea groups is 1. The maximum absolute atomic E-state index is 12.7. The first kappa shape index (κ1) is 21.4. The van der Waals surface area contributed by atoms with Crippen LogP contribution in [0.3, 0.4) is 0 Å². The fourth-order valence-electron chi connectivity index (χ4n) is 4.68. The molecule has 2 aromatic rings. The molecule has 2 aromatic heterocycles. The molecular formula is C21H25N5O4S2. The average molecular weight is 476 g/mol. The van der Waals surface area contributed by atoms with Crippen LogP contribution in [-0.2, 0) is 22.4 Å². The number of hydrogen-bond donors (Lipinski definition) is 2. The third-order valence-corrected chi connectivity index (χ3v) is 8.42. The third-order valence-electron chi connectivity index (χ3n) is 6.38. The summed E-state index contributed by atoms with van der Waals surface area (Å²) in [6.45, 7) is 2.26. The highest BCUT2D eigenvalue weighted by atomic mass is 32.2. The van der Waals surface area contributed by atoms with Crippen molar-refractivity contribution < 1.29 is 18.8 Å².